The largest absolute Gasteiger partial charge is 0.311 e. The van der Waals surface area contributed by atoms with Gasteiger partial charge in [0.2, 0.25) is 0 Å². The highest BCUT2D eigenvalue weighted by atomic mass is 32.1. The number of nitrogens with one attached hydrogen (secondary N) is 1. The van der Waals surface area contributed by atoms with Gasteiger partial charge < -0.3 is 5.32 Å². The minimum atomic E-state index is 0.378. The molecular formula is C10H19N3S. The molecule has 0 aliphatic carbocycles. The van der Waals surface area contributed by atoms with Crippen molar-refractivity contribution >= 4 is 11.3 Å². The maximum Gasteiger partial charge on any atom is 0.134 e. The first-order valence-corrected chi connectivity index (χ1v) is 6.13. The van der Waals surface area contributed by atoms with E-state index in [1.54, 1.807) is 11.3 Å². The molecule has 1 unspecified atom stereocenters. The summed E-state index contributed by atoms with van der Waals surface area (Å²) in [7, 11) is 1.97. The molecule has 0 radical (unpaired) electrons. The number of aryl methyl sites for hydroxylation is 1. The van der Waals surface area contributed by atoms with Crippen LogP contribution in [0.4, 0.5) is 0 Å². The Kier molecular flexibility index (Phi) is 5.04. The SMILES string of the molecule is CCCCc1nnc(C(CC)NC)s1. The lowest BCUT2D eigenvalue weighted by Gasteiger charge is -2.07. The Bertz CT molecular complexity index is 256. The molecule has 0 aliphatic heterocycles. The Labute approximate surface area is 89.9 Å². The predicted octanol–water partition coefficient (Wildman–Crippen LogP) is 2.55. The summed E-state index contributed by atoms with van der Waals surface area (Å²) < 4.78 is 0. The molecule has 14 heavy (non-hydrogen) atoms. The molecule has 0 aliphatic rings. The van der Waals surface area contributed by atoms with Crippen molar-refractivity contribution in [1.82, 2.24) is 15.5 Å². The molecule has 1 N–H and O–H groups in total. The maximum atomic E-state index is 4.22. The van der Waals surface area contributed by atoms with Crippen LogP contribution in [0.3, 0.4) is 0 Å². The molecule has 1 atom stereocenters. The van der Waals surface area contributed by atoms with Gasteiger partial charge in [0.05, 0.1) is 6.04 Å². The number of rotatable bonds is 6. The molecule has 1 aromatic rings. The molecule has 0 fully saturated rings. The van der Waals surface area contributed by atoms with Crippen LogP contribution >= 0.6 is 11.3 Å². The van der Waals surface area contributed by atoms with Crippen LogP contribution in [0.25, 0.3) is 0 Å². The van der Waals surface area contributed by atoms with Crippen LogP contribution in [-0.4, -0.2) is 17.2 Å². The predicted molar refractivity (Wildman–Crippen MR) is 60.6 cm³/mol. The molecule has 1 aromatic heterocycles. The molecule has 1 heterocycles. The van der Waals surface area contributed by atoms with E-state index in [0.29, 0.717) is 6.04 Å². The van der Waals surface area contributed by atoms with E-state index in [1.807, 2.05) is 7.05 Å². The van der Waals surface area contributed by atoms with Crippen molar-refractivity contribution in [3.63, 3.8) is 0 Å². The molecule has 0 saturated heterocycles. The van der Waals surface area contributed by atoms with Crippen LogP contribution in [0.1, 0.15) is 49.2 Å². The van der Waals surface area contributed by atoms with Gasteiger partial charge in [-0.25, -0.2) is 0 Å². The van der Waals surface area contributed by atoms with E-state index in [1.165, 1.54) is 17.8 Å². The number of unbranched alkanes of at least 4 members (excludes halogenated alkanes) is 1. The Morgan fingerprint density at radius 3 is 2.71 bits per heavy atom. The van der Waals surface area contributed by atoms with E-state index in [4.69, 9.17) is 0 Å². The molecule has 4 heteroatoms. The van der Waals surface area contributed by atoms with Gasteiger partial charge in [-0.2, -0.15) is 0 Å². The van der Waals surface area contributed by atoms with Crippen molar-refractivity contribution in [3.05, 3.63) is 10.0 Å². The third-order valence-corrected chi connectivity index (χ3v) is 3.38. The molecule has 0 aromatic carbocycles. The van der Waals surface area contributed by atoms with Gasteiger partial charge >= 0.3 is 0 Å². The molecule has 0 spiro atoms. The van der Waals surface area contributed by atoms with E-state index in [9.17, 15) is 0 Å². The molecule has 3 nitrogen and oxygen atoms in total. The smallest absolute Gasteiger partial charge is 0.134 e. The number of hydrogen-bond donors (Lipinski definition) is 1. The number of hydrogen-bond acceptors (Lipinski definition) is 4. The first-order valence-electron chi connectivity index (χ1n) is 5.31. The van der Waals surface area contributed by atoms with Gasteiger partial charge in [-0.15, -0.1) is 10.2 Å². The third-order valence-electron chi connectivity index (χ3n) is 2.28. The highest BCUT2D eigenvalue weighted by molar-refractivity contribution is 7.11. The van der Waals surface area contributed by atoms with Crippen LogP contribution in [0.15, 0.2) is 0 Å². The minimum absolute atomic E-state index is 0.378. The third kappa shape index (κ3) is 3.03. The summed E-state index contributed by atoms with van der Waals surface area (Å²) in [5.41, 5.74) is 0. The maximum absolute atomic E-state index is 4.22. The lowest BCUT2D eigenvalue weighted by atomic mass is 10.2. The van der Waals surface area contributed by atoms with E-state index < -0.39 is 0 Å². The fourth-order valence-corrected chi connectivity index (χ4v) is 2.42. The summed E-state index contributed by atoms with van der Waals surface area (Å²) >= 11 is 1.75. The molecule has 80 valence electrons. The summed E-state index contributed by atoms with van der Waals surface area (Å²) in [5, 5.41) is 14.0. The lowest BCUT2D eigenvalue weighted by molar-refractivity contribution is 0.568. The van der Waals surface area contributed by atoms with Crippen molar-refractivity contribution in [2.75, 3.05) is 7.05 Å². The standard InChI is InChI=1S/C10H19N3S/c1-4-6-7-9-12-13-10(14-9)8(5-2)11-3/h8,11H,4-7H2,1-3H3. The Balaban J connectivity index is 2.57. The second-order valence-corrected chi connectivity index (χ2v) is 4.48. The van der Waals surface area contributed by atoms with Crippen molar-refractivity contribution in [3.8, 4) is 0 Å². The Morgan fingerprint density at radius 1 is 1.36 bits per heavy atom. The Morgan fingerprint density at radius 2 is 2.14 bits per heavy atom. The van der Waals surface area contributed by atoms with Gasteiger partial charge in [-0.05, 0) is 19.9 Å². The zero-order chi connectivity index (χ0) is 10.4. The van der Waals surface area contributed by atoms with Crippen molar-refractivity contribution in [1.29, 1.82) is 0 Å². The molecule has 1 rings (SSSR count). The first-order chi connectivity index (χ1) is 6.81. The van der Waals surface area contributed by atoms with Gasteiger partial charge in [-0.1, -0.05) is 31.6 Å². The van der Waals surface area contributed by atoms with Crippen molar-refractivity contribution < 1.29 is 0 Å². The summed E-state index contributed by atoms with van der Waals surface area (Å²) in [5.74, 6) is 0. The molecule has 0 amide bonds. The van der Waals surface area contributed by atoms with Crippen LogP contribution in [0.2, 0.25) is 0 Å². The molecule has 0 saturated carbocycles. The summed E-state index contributed by atoms with van der Waals surface area (Å²) in [6.45, 7) is 4.36. The molecule has 0 bridgehead atoms. The van der Waals surface area contributed by atoms with E-state index >= 15 is 0 Å². The van der Waals surface area contributed by atoms with Gasteiger partial charge in [0.15, 0.2) is 0 Å². The topological polar surface area (TPSA) is 37.8 Å². The quantitative estimate of drug-likeness (QED) is 0.789. The fraction of sp³-hybridized carbons (Fsp3) is 0.800. The van der Waals surface area contributed by atoms with Gasteiger partial charge in [0.1, 0.15) is 10.0 Å². The summed E-state index contributed by atoms with van der Waals surface area (Å²) in [6.07, 6.45) is 4.58. The minimum Gasteiger partial charge on any atom is -0.311 e. The van der Waals surface area contributed by atoms with Crippen LogP contribution in [-0.2, 0) is 6.42 Å². The van der Waals surface area contributed by atoms with Gasteiger partial charge in [-0.3, -0.25) is 0 Å². The summed E-state index contributed by atoms with van der Waals surface area (Å²) in [4.78, 5) is 0. The normalized spacial score (nSPS) is 13.1. The van der Waals surface area contributed by atoms with Crippen LogP contribution < -0.4 is 5.32 Å². The van der Waals surface area contributed by atoms with Crippen LogP contribution in [0, 0.1) is 0 Å². The van der Waals surface area contributed by atoms with Gasteiger partial charge in [0, 0.05) is 6.42 Å². The number of aromatic nitrogens is 2. The monoisotopic (exact) mass is 213 g/mol. The lowest BCUT2D eigenvalue weighted by Crippen LogP contribution is -2.14. The highest BCUT2D eigenvalue weighted by Gasteiger charge is 2.12. The van der Waals surface area contributed by atoms with E-state index in [-0.39, 0.29) is 0 Å². The fourth-order valence-electron chi connectivity index (χ4n) is 1.34. The number of nitrogens with zero attached hydrogens (tertiary/aromatic N) is 2. The molecular weight excluding hydrogens is 194 g/mol. The summed E-state index contributed by atoms with van der Waals surface area (Å²) in [6, 6.07) is 0.378. The van der Waals surface area contributed by atoms with E-state index in [2.05, 4.69) is 29.4 Å². The van der Waals surface area contributed by atoms with Crippen molar-refractivity contribution in [2.24, 2.45) is 0 Å². The van der Waals surface area contributed by atoms with Crippen LogP contribution in [0.5, 0.6) is 0 Å². The zero-order valence-electron chi connectivity index (χ0n) is 9.21. The average molecular weight is 213 g/mol. The first kappa shape index (κ1) is 11.6. The second kappa shape index (κ2) is 6.09. The Hall–Kier alpha value is -0.480. The highest BCUT2D eigenvalue weighted by Crippen LogP contribution is 2.21. The van der Waals surface area contributed by atoms with E-state index in [0.717, 1.165) is 17.8 Å². The average Bonchev–Trinajstić information content (AvgIpc) is 2.65. The van der Waals surface area contributed by atoms with Gasteiger partial charge in [0.25, 0.3) is 0 Å². The van der Waals surface area contributed by atoms with Crippen molar-refractivity contribution in [2.45, 2.75) is 45.6 Å². The zero-order valence-corrected chi connectivity index (χ0v) is 10.0. The second-order valence-electron chi connectivity index (χ2n) is 3.39.